The van der Waals surface area contributed by atoms with Crippen molar-refractivity contribution in [2.75, 3.05) is 30.2 Å². The van der Waals surface area contributed by atoms with Crippen LogP contribution in [0.4, 0.5) is 28.8 Å². The van der Waals surface area contributed by atoms with E-state index >= 15 is 0 Å². The maximum atomic E-state index is 12.7. The minimum absolute atomic E-state index is 0.243. The number of nitrogens with zero attached hydrogens (tertiary/aromatic N) is 2. The Labute approximate surface area is 211 Å². The highest BCUT2D eigenvalue weighted by molar-refractivity contribution is 9.10. The van der Waals surface area contributed by atoms with Crippen molar-refractivity contribution in [1.82, 2.24) is 9.97 Å². The van der Waals surface area contributed by atoms with E-state index in [4.69, 9.17) is 9.47 Å². The third-order valence-electron chi connectivity index (χ3n) is 5.03. The van der Waals surface area contributed by atoms with Gasteiger partial charge in [0.15, 0.2) is 0 Å². The largest absolute Gasteiger partial charge is 0.497 e. The van der Waals surface area contributed by atoms with Crippen LogP contribution in [0.3, 0.4) is 0 Å². The molecule has 0 aliphatic heterocycles. The fourth-order valence-corrected chi connectivity index (χ4v) is 3.71. The van der Waals surface area contributed by atoms with Crippen LogP contribution in [0, 0.1) is 6.92 Å². The number of carbonyl (C=O) groups is 1. The highest BCUT2D eigenvalue weighted by Crippen LogP contribution is 2.25. The number of carbonyl (C=O) groups excluding carboxylic acids is 1. The number of aryl methyl sites for hydroxylation is 1. The van der Waals surface area contributed by atoms with Crippen molar-refractivity contribution in [2.24, 2.45) is 0 Å². The second-order valence-corrected chi connectivity index (χ2v) is 8.43. The molecule has 0 aliphatic rings. The van der Waals surface area contributed by atoms with E-state index in [1.807, 2.05) is 49.4 Å². The Balaban J connectivity index is 1.43. The molecule has 0 atom stereocenters. The summed E-state index contributed by atoms with van der Waals surface area (Å²) in [6.07, 6.45) is 0. The Hall–Kier alpha value is -4.11. The molecule has 1 amide bonds. The molecule has 3 aromatic carbocycles. The molecule has 178 valence electrons. The van der Waals surface area contributed by atoms with E-state index in [-0.39, 0.29) is 5.91 Å². The zero-order valence-electron chi connectivity index (χ0n) is 19.4. The maximum absolute atomic E-state index is 12.7. The molecule has 8 nitrogen and oxygen atoms in total. The van der Waals surface area contributed by atoms with Crippen LogP contribution in [0.1, 0.15) is 16.1 Å². The van der Waals surface area contributed by atoms with E-state index in [1.54, 1.807) is 44.6 Å². The molecule has 0 unspecified atom stereocenters. The minimum Gasteiger partial charge on any atom is -0.497 e. The smallest absolute Gasteiger partial charge is 0.256 e. The van der Waals surface area contributed by atoms with E-state index < -0.39 is 0 Å². The number of hydrogen-bond donors (Lipinski definition) is 3. The Morgan fingerprint density at radius 1 is 0.771 bits per heavy atom. The van der Waals surface area contributed by atoms with Gasteiger partial charge < -0.3 is 25.4 Å². The first-order chi connectivity index (χ1) is 16.9. The number of methoxy groups -OCH3 is 2. The van der Waals surface area contributed by atoms with E-state index in [2.05, 4.69) is 41.8 Å². The van der Waals surface area contributed by atoms with Crippen molar-refractivity contribution < 1.29 is 14.3 Å². The number of ether oxygens (including phenoxy) is 2. The van der Waals surface area contributed by atoms with E-state index in [1.165, 1.54) is 0 Å². The maximum Gasteiger partial charge on any atom is 0.256 e. The molecule has 9 heteroatoms. The standard InChI is InChI=1S/C26H24BrN5O3/c1-16-14-24(29-17-8-10-20(34-2)11-9-17)32-26(28-16)31-19-6-4-18(5-7-19)30-25(33)22-15-21(35-3)12-13-23(22)27/h4-15H,1-3H3,(H,30,33)(H2,28,29,31,32). The number of aromatic nitrogens is 2. The summed E-state index contributed by atoms with van der Waals surface area (Å²) in [4.78, 5) is 21.7. The van der Waals surface area contributed by atoms with Gasteiger partial charge in [-0.3, -0.25) is 4.79 Å². The SMILES string of the molecule is COc1ccc(Nc2cc(C)nc(Nc3ccc(NC(=O)c4cc(OC)ccc4Br)cc3)n2)cc1. The van der Waals surface area contributed by atoms with Crippen LogP contribution in [-0.2, 0) is 0 Å². The Bertz CT molecular complexity index is 1330. The van der Waals surface area contributed by atoms with Gasteiger partial charge in [0.25, 0.3) is 5.91 Å². The predicted octanol–water partition coefficient (Wildman–Crippen LogP) is 6.30. The Morgan fingerprint density at radius 2 is 1.37 bits per heavy atom. The van der Waals surface area contributed by atoms with Gasteiger partial charge in [-0.05, 0) is 89.6 Å². The summed E-state index contributed by atoms with van der Waals surface area (Å²) in [6.45, 7) is 1.90. The van der Waals surface area contributed by atoms with E-state index in [0.29, 0.717) is 33.2 Å². The fraction of sp³-hybridized carbons (Fsp3) is 0.115. The zero-order valence-corrected chi connectivity index (χ0v) is 21.0. The molecule has 4 aromatic rings. The lowest BCUT2D eigenvalue weighted by Crippen LogP contribution is -2.12. The highest BCUT2D eigenvalue weighted by atomic mass is 79.9. The molecule has 0 aliphatic carbocycles. The summed E-state index contributed by atoms with van der Waals surface area (Å²) in [6, 6.07) is 22.0. The van der Waals surface area contributed by atoms with Crippen LogP contribution in [-0.4, -0.2) is 30.1 Å². The van der Waals surface area contributed by atoms with Crippen LogP contribution in [0.25, 0.3) is 0 Å². The second-order valence-electron chi connectivity index (χ2n) is 7.57. The van der Waals surface area contributed by atoms with Crippen molar-refractivity contribution in [3.8, 4) is 11.5 Å². The van der Waals surface area contributed by atoms with E-state index in [9.17, 15) is 4.79 Å². The average molecular weight is 534 g/mol. The lowest BCUT2D eigenvalue weighted by atomic mass is 10.2. The van der Waals surface area contributed by atoms with E-state index in [0.717, 1.165) is 22.8 Å². The molecule has 0 saturated heterocycles. The van der Waals surface area contributed by atoms with Gasteiger partial charge in [0, 0.05) is 33.3 Å². The van der Waals surface area contributed by atoms with Crippen LogP contribution in [0.15, 0.2) is 77.3 Å². The number of hydrogen-bond acceptors (Lipinski definition) is 7. The zero-order chi connectivity index (χ0) is 24.8. The number of benzene rings is 3. The fourth-order valence-electron chi connectivity index (χ4n) is 3.28. The second kappa shape index (κ2) is 10.9. The lowest BCUT2D eigenvalue weighted by Gasteiger charge is -2.11. The summed E-state index contributed by atoms with van der Waals surface area (Å²) in [5.74, 6) is 2.27. The first-order valence-corrected chi connectivity index (χ1v) is 11.5. The monoisotopic (exact) mass is 533 g/mol. The number of anilines is 5. The first kappa shape index (κ1) is 24.0. The van der Waals surface area contributed by atoms with Crippen molar-refractivity contribution in [3.63, 3.8) is 0 Å². The summed E-state index contributed by atoms with van der Waals surface area (Å²) in [5, 5.41) is 9.37. The Kier molecular flexibility index (Phi) is 7.47. The number of nitrogens with one attached hydrogen (secondary N) is 3. The molecule has 1 aromatic heterocycles. The number of halogens is 1. The van der Waals surface area contributed by atoms with Crippen molar-refractivity contribution in [3.05, 3.63) is 88.5 Å². The number of amides is 1. The molecule has 0 spiro atoms. The topological polar surface area (TPSA) is 97.4 Å². The summed E-state index contributed by atoms with van der Waals surface area (Å²) < 4.78 is 11.1. The summed E-state index contributed by atoms with van der Waals surface area (Å²) in [7, 11) is 3.20. The van der Waals surface area contributed by atoms with Gasteiger partial charge in [0.2, 0.25) is 5.95 Å². The molecule has 0 bridgehead atoms. The Morgan fingerprint density at radius 3 is 2.06 bits per heavy atom. The first-order valence-electron chi connectivity index (χ1n) is 10.7. The van der Waals surface area contributed by atoms with Gasteiger partial charge in [-0.15, -0.1) is 0 Å². The molecule has 3 N–H and O–H groups in total. The molecule has 1 heterocycles. The summed E-state index contributed by atoms with van der Waals surface area (Å²) in [5.41, 5.74) is 3.62. The van der Waals surface area contributed by atoms with Gasteiger partial charge in [0.05, 0.1) is 19.8 Å². The van der Waals surface area contributed by atoms with Gasteiger partial charge in [0.1, 0.15) is 17.3 Å². The highest BCUT2D eigenvalue weighted by Gasteiger charge is 2.12. The average Bonchev–Trinajstić information content (AvgIpc) is 2.85. The van der Waals surface area contributed by atoms with Crippen LogP contribution >= 0.6 is 15.9 Å². The summed E-state index contributed by atoms with van der Waals surface area (Å²) >= 11 is 3.41. The molecular weight excluding hydrogens is 510 g/mol. The molecule has 35 heavy (non-hydrogen) atoms. The van der Waals surface area contributed by atoms with Crippen LogP contribution in [0.5, 0.6) is 11.5 Å². The van der Waals surface area contributed by atoms with Gasteiger partial charge >= 0.3 is 0 Å². The predicted molar refractivity (Wildman–Crippen MR) is 141 cm³/mol. The lowest BCUT2D eigenvalue weighted by molar-refractivity contribution is 0.102. The molecule has 0 saturated carbocycles. The van der Waals surface area contributed by atoms with Crippen molar-refractivity contribution >= 4 is 50.7 Å². The molecular formula is C26H24BrN5O3. The number of rotatable bonds is 8. The quantitative estimate of drug-likeness (QED) is 0.244. The van der Waals surface area contributed by atoms with Gasteiger partial charge in [-0.25, -0.2) is 4.98 Å². The van der Waals surface area contributed by atoms with Gasteiger partial charge in [-0.1, -0.05) is 0 Å². The van der Waals surface area contributed by atoms with Gasteiger partial charge in [-0.2, -0.15) is 4.98 Å². The van der Waals surface area contributed by atoms with Crippen molar-refractivity contribution in [2.45, 2.75) is 6.92 Å². The van der Waals surface area contributed by atoms with Crippen molar-refractivity contribution in [1.29, 1.82) is 0 Å². The van der Waals surface area contributed by atoms with Crippen LogP contribution < -0.4 is 25.4 Å². The van der Waals surface area contributed by atoms with Crippen LogP contribution in [0.2, 0.25) is 0 Å². The third kappa shape index (κ3) is 6.27. The normalized spacial score (nSPS) is 10.4. The molecule has 4 rings (SSSR count). The molecule has 0 radical (unpaired) electrons. The molecule has 0 fully saturated rings. The minimum atomic E-state index is -0.243. The third-order valence-corrected chi connectivity index (χ3v) is 5.73.